The van der Waals surface area contributed by atoms with Gasteiger partial charge in [-0.05, 0) is 48.1 Å². The summed E-state index contributed by atoms with van der Waals surface area (Å²) < 4.78 is 6.17. The molecule has 2 aromatic heterocycles. The maximum Gasteiger partial charge on any atom is 0.144 e. The first kappa shape index (κ1) is 15.9. The molecule has 2 heteroatoms. The predicted octanol–water partition coefficient (Wildman–Crippen LogP) is 6.55. The summed E-state index contributed by atoms with van der Waals surface area (Å²) in [5, 5.41) is 2.30. The third kappa shape index (κ3) is 2.93. The van der Waals surface area contributed by atoms with Crippen LogP contribution in [0.5, 0.6) is 0 Å². The molecule has 25 heavy (non-hydrogen) atoms. The van der Waals surface area contributed by atoms with Crippen molar-refractivity contribution in [1.82, 2.24) is 4.98 Å². The van der Waals surface area contributed by atoms with E-state index in [1.54, 1.807) is 0 Å². The second-order valence-corrected chi connectivity index (χ2v) is 8.01. The monoisotopic (exact) mass is 329 g/mol. The minimum atomic E-state index is 0.245. The molecule has 0 radical (unpaired) electrons. The number of aromatic nitrogens is 1. The molecule has 2 heterocycles. The lowest BCUT2D eigenvalue weighted by molar-refractivity contribution is 0.410. The van der Waals surface area contributed by atoms with Crippen LogP contribution >= 0.6 is 0 Å². The van der Waals surface area contributed by atoms with Crippen molar-refractivity contribution in [2.24, 2.45) is 5.41 Å². The van der Waals surface area contributed by atoms with E-state index in [0.717, 1.165) is 39.6 Å². The van der Waals surface area contributed by atoms with Crippen molar-refractivity contribution in [2.45, 2.75) is 34.1 Å². The smallest absolute Gasteiger partial charge is 0.144 e. The van der Waals surface area contributed by atoms with Crippen LogP contribution in [0.1, 0.15) is 31.9 Å². The quantitative estimate of drug-likeness (QED) is 0.417. The van der Waals surface area contributed by atoms with E-state index in [0.29, 0.717) is 0 Å². The number of rotatable bonds is 2. The molecule has 0 saturated carbocycles. The van der Waals surface area contributed by atoms with Crippen LogP contribution in [-0.4, -0.2) is 4.98 Å². The van der Waals surface area contributed by atoms with E-state index in [-0.39, 0.29) is 5.41 Å². The SMILES string of the molecule is Cc1cnc(-c2cccc3c2oc2ccccc23)cc1CC(C)(C)C. The summed E-state index contributed by atoms with van der Waals surface area (Å²) in [6.07, 6.45) is 3.02. The first-order valence-corrected chi connectivity index (χ1v) is 8.78. The third-order valence-electron chi connectivity index (χ3n) is 4.62. The summed E-state index contributed by atoms with van der Waals surface area (Å²) in [5.74, 6) is 0. The first-order chi connectivity index (χ1) is 11.9. The molecule has 2 aromatic carbocycles. The molecule has 4 aromatic rings. The van der Waals surface area contributed by atoms with Gasteiger partial charge in [-0.25, -0.2) is 0 Å². The molecule has 0 N–H and O–H groups in total. The molecule has 0 fully saturated rings. The number of nitrogens with zero attached hydrogens (tertiary/aromatic N) is 1. The standard InChI is InChI=1S/C23H23NO/c1-15-14-24-20(12-16(15)13-23(2,3)4)19-10-7-9-18-17-8-5-6-11-21(17)25-22(18)19/h5-12,14H,13H2,1-4H3. The molecule has 0 aliphatic rings. The Morgan fingerprint density at radius 1 is 0.960 bits per heavy atom. The zero-order valence-electron chi connectivity index (χ0n) is 15.3. The highest BCUT2D eigenvalue weighted by molar-refractivity contribution is 6.09. The molecule has 2 nitrogen and oxygen atoms in total. The molecule has 0 unspecified atom stereocenters. The summed E-state index contributed by atoms with van der Waals surface area (Å²) in [6.45, 7) is 8.95. The molecule has 0 spiro atoms. The number of fused-ring (bicyclic) bond motifs is 3. The fraction of sp³-hybridized carbons (Fsp3) is 0.261. The summed E-state index contributed by atoms with van der Waals surface area (Å²) in [7, 11) is 0. The van der Waals surface area contributed by atoms with E-state index in [1.165, 1.54) is 11.1 Å². The molecule has 0 aliphatic carbocycles. The first-order valence-electron chi connectivity index (χ1n) is 8.78. The van der Waals surface area contributed by atoms with Gasteiger partial charge in [0.2, 0.25) is 0 Å². The Hall–Kier alpha value is -2.61. The van der Waals surface area contributed by atoms with Gasteiger partial charge in [-0.15, -0.1) is 0 Å². The van der Waals surface area contributed by atoms with Gasteiger partial charge in [-0.3, -0.25) is 4.98 Å². The molecule has 126 valence electrons. The van der Waals surface area contributed by atoms with Gasteiger partial charge in [0.05, 0.1) is 5.69 Å². The predicted molar refractivity (Wildman–Crippen MR) is 105 cm³/mol. The van der Waals surface area contributed by atoms with Crippen LogP contribution in [0.25, 0.3) is 33.2 Å². The van der Waals surface area contributed by atoms with Crippen LogP contribution < -0.4 is 0 Å². The van der Waals surface area contributed by atoms with Crippen LogP contribution in [0, 0.1) is 12.3 Å². The Labute approximate surface area is 148 Å². The number of para-hydroxylation sites is 2. The summed E-state index contributed by atoms with van der Waals surface area (Å²) in [6, 6.07) is 16.7. The summed E-state index contributed by atoms with van der Waals surface area (Å²) >= 11 is 0. The van der Waals surface area contributed by atoms with Crippen molar-refractivity contribution >= 4 is 21.9 Å². The van der Waals surface area contributed by atoms with Crippen LogP contribution in [-0.2, 0) is 6.42 Å². The fourth-order valence-corrected chi connectivity index (χ4v) is 3.42. The molecule has 4 rings (SSSR count). The topological polar surface area (TPSA) is 26.0 Å². The van der Waals surface area contributed by atoms with Crippen LogP contribution in [0.4, 0.5) is 0 Å². The fourth-order valence-electron chi connectivity index (χ4n) is 3.42. The molecule has 0 atom stereocenters. The van der Waals surface area contributed by atoms with Gasteiger partial charge in [0.25, 0.3) is 0 Å². The zero-order chi connectivity index (χ0) is 17.6. The minimum Gasteiger partial charge on any atom is -0.455 e. The van der Waals surface area contributed by atoms with Crippen molar-refractivity contribution in [3.05, 3.63) is 65.9 Å². The Balaban J connectivity index is 1.91. The molecule has 0 amide bonds. The minimum absolute atomic E-state index is 0.245. The van der Waals surface area contributed by atoms with E-state index in [4.69, 9.17) is 9.40 Å². The largest absolute Gasteiger partial charge is 0.455 e. The number of pyridine rings is 1. The van der Waals surface area contributed by atoms with Gasteiger partial charge in [-0.2, -0.15) is 0 Å². The van der Waals surface area contributed by atoms with Crippen molar-refractivity contribution in [3.63, 3.8) is 0 Å². The van der Waals surface area contributed by atoms with Crippen molar-refractivity contribution < 1.29 is 4.42 Å². The van der Waals surface area contributed by atoms with Gasteiger partial charge >= 0.3 is 0 Å². The average Bonchev–Trinajstić information content (AvgIpc) is 2.94. The Bertz CT molecular complexity index is 1070. The summed E-state index contributed by atoms with van der Waals surface area (Å²) in [4.78, 5) is 4.70. The highest BCUT2D eigenvalue weighted by Gasteiger charge is 2.16. The van der Waals surface area contributed by atoms with Crippen LogP contribution in [0.3, 0.4) is 0 Å². The molecular formula is C23H23NO. The van der Waals surface area contributed by atoms with E-state index in [9.17, 15) is 0 Å². The van der Waals surface area contributed by atoms with E-state index < -0.39 is 0 Å². The van der Waals surface area contributed by atoms with Crippen molar-refractivity contribution in [1.29, 1.82) is 0 Å². The Kier molecular flexibility index (Phi) is 3.64. The van der Waals surface area contributed by atoms with E-state index >= 15 is 0 Å². The third-order valence-corrected chi connectivity index (χ3v) is 4.62. The van der Waals surface area contributed by atoms with Crippen molar-refractivity contribution in [3.8, 4) is 11.3 Å². The maximum atomic E-state index is 6.17. The van der Waals surface area contributed by atoms with Crippen LogP contribution in [0.2, 0.25) is 0 Å². The molecule has 0 saturated heterocycles. The number of aryl methyl sites for hydroxylation is 1. The molecule has 0 aliphatic heterocycles. The maximum absolute atomic E-state index is 6.17. The highest BCUT2D eigenvalue weighted by atomic mass is 16.3. The van der Waals surface area contributed by atoms with Gasteiger partial charge in [0, 0.05) is 22.5 Å². The Morgan fingerprint density at radius 3 is 2.52 bits per heavy atom. The molecular weight excluding hydrogens is 306 g/mol. The van der Waals surface area contributed by atoms with E-state index in [2.05, 4.69) is 64.1 Å². The number of hydrogen-bond acceptors (Lipinski definition) is 2. The highest BCUT2D eigenvalue weighted by Crippen LogP contribution is 2.35. The van der Waals surface area contributed by atoms with Gasteiger partial charge < -0.3 is 4.42 Å². The van der Waals surface area contributed by atoms with E-state index in [1.807, 2.05) is 18.3 Å². The van der Waals surface area contributed by atoms with Crippen molar-refractivity contribution in [2.75, 3.05) is 0 Å². The lowest BCUT2D eigenvalue weighted by atomic mass is 9.86. The van der Waals surface area contributed by atoms with Crippen LogP contribution in [0.15, 0.2) is 59.1 Å². The lowest BCUT2D eigenvalue weighted by Gasteiger charge is -2.20. The van der Waals surface area contributed by atoms with Gasteiger partial charge in [0.15, 0.2) is 0 Å². The number of benzene rings is 2. The second kappa shape index (κ2) is 5.73. The second-order valence-electron chi connectivity index (χ2n) is 8.01. The lowest BCUT2D eigenvalue weighted by Crippen LogP contribution is -2.10. The van der Waals surface area contributed by atoms with Gasteiger partial charge in [0.1, 0.15) is 11.2 Å². The Morgan fingerprint density at radius 2 is 1.72 bits per heavy atom. The number of furan rings is 1. The zero-order valence-corrected chi connectivity index (χ0v) is 15.3. The number of hydrogen-bond donors (Lipinski definition) is 0. The average molecular weight is 329 g/mol. The van der Waals surface area contributed by atoms with Gasteiger partial charge in [-0.1, -0.05) is 51.1 Å². The normalized spacial score (nSPS) is 12.2. The summed E-state index contributed by atoms with van der Waals surface area (Å²) in [5.41, 5.74) is 6.72. The molecule has 0 bridgehead atoms.